The number of hydrogen-bond acceptors (Lipinski definition) is 5. The van der Waals surface area contributed by atoms with Gasteiger partial charge in [-0.1, -0.05) is 6.07 Å². The molecule has 8 heteroatoms. The van der Waals surface area contributed by atoms with Gasteiger partial charge in [-0.3, -0.25) is 0 Å². The summed E-state index contributed by atoms with van der Waals surface area (Å²) in [6.45, 7) is 2.49. The van der Waals surface area contributed by atoms with Gasteiger partial charge in [0.15, 0.2) is 0 Å². The van der Waals surface area contributed by atoms with Crippen molar-refractivity contribution in [1.82, 2.24) is 4.31 Å². The molecule has 1 aromatic rings. The van der Waals surface area contributed by atoms with Crippen molar-refractivity contribution < 1.29 is 22.3 Å². The first-order chi connectivity index (χ1) is 10.8. The molecule has 1 aliphatic heterocycles. The van der Waals surface area contributed by atoms with Crippen LogP contribution in [0.25, 0.3) is 0 Å². The minimum Gasteiger partial charge on any atom is -0.465 e. The molecule has 1 aliphatic rings. The zero-order chi connectivity index (χ0) is 17.2. The highest BCUT2D eigenvalue weighted by atomic mass is 32.2. The SMILES string of the molecule is COC(=O)c1c(F)cccc1S(=O)(=O)N1CCC(C(C)N)CC1. The summed E-state index contributed by atoms with van der Waals surface area (Å²) in [7, 11) is -2.89. The van der Waals surface area contributed by atoms with E-state index in [1.54, 1.807) is 0 Å². The third kappa shape index (κ3) is 3.54. The molecule has 0 spiro atoms. The number of carbonyl (C=O) groups is 1. The van der Waals surface area contributed by atoms with Crippen molar-refractivity contribution in [3.63, 3.8) is 0 Å². The van der Waals surface area contributed by atoms with Gasteiger partial charge in [0.2, 0.25) is 10.0 Å². The fraction of sp³-hybridized carbons (Fsp3) is 0.533. The molecule has 0 bridgehead atoms. The van der Waals surface area contributed by atoms with Crippen molar-refractivity contribution in [2.24, 2.45) is 11.7 Å². The Morgan fingerprint density at radius 2 is 2.00 bits per heavy atom. The summed E-state index contributed by atoms with van der Waals surface area (Å²) in [5, 5.41) is 0. The minimum absolute atomic E-state index is 0.000320. The van der Waals surface area contributed by atoms with Crippen LogP contribution in [0.4, 0.5) is 4.39 Å². The van der Waals surface area contributed by atoms with Crippen molar-refractivity contribution in [2.45, 2.75) is 30.7 Å². The molecule has 2 rings (SSSR count). The standard InChI is InChI=1S/C15H21FN2O4S/c1-10(17)11-6-8-18(9-7-11)23(20,21)13-5-3-4-12(16)14(13)15(19)22-2/h3-5,10-11H,6-9,17H2,1-2H3. The van der Waals surface area contributed by atoms with Gasteiger partial charge in [0.1, 0.15) is 11.4 Å². The highest BCUT2D eigenvalue weighted by Gasteiger charge is 2.34. The van der Waals surface area contributed by atoms with Crippen molar-refractivity contribution in [3.05, 3.63) is 29.6 Å². The van der Waals surface area contributed by atoms with E-state index in [0.717, 1.165) is 13.2 Å². The molecule has 1 atom stereocenters. The highest BCUT2D eigenvalue weighted by molar-refractivity contribution is 7.89. The summed E-state index contributed by atoms with van der Waals surface area (Å²) in [5.41, 5.74) is 5.30. The molecule has 2 N–H and O–H groups in total. The fourth-order valence-corrected chi connectivity index (χ4v) is 4.46. The predicted octanol–water partition coefficient (Wildman–Crippen LogP) is 1.36. The van der Waals surface area contributed by atoms with Crippen molar-refractivity contribution >= 4 is 16.0 Å². The Morgan fingerprint density at radius 3 is 2.52 bits per heavy atom. The summed E-state index contributed by atoms with van der Waals surface area (Å²) in [4.78, 5) is 11.4. The van der Waals surface area contributed by atoms with Gasteiger partial charge in [0, 0.05) is 19.1 Å². The molecule has 0 radical (unpaired) electrons. The Kier molecular flexibility index (Phi) is 5.38. The summed E-state index contributed by atoms with van der Waals surface area (Å²) in [5.74, 6) is -1.66. The fourth-order valence-electron chi connectivity index (χ4n) is 2.80. The number of piperidine rings is 1. The zero-order valence-corrected chi connectivity index (χ0v) is 14.0. The van der Waals surface area contributed by atoms with Crippen LogP contribution >= 0.6 is 0 Å². The minimum atomic E-state index is -3.97. The van der Waals surface area contributed by atoms with Gasteiger partial charge in [-0.25, -0.2) is 17.6 Å². The molecule has 0 saturated carbocycles. The lowest BCUT2D eigenvalue weighted by molar-refractivity contribution is 0.0590. The van der Waals surface area contributed by atoms with Crippen LogP contribution in [0, 0.1) is 11.7 Å². The lowest BCUT2D eigenvalue weighted by Crippen LogP contribution is -2.42. The van der Waals surface area contributed by atoms with Crippen molar-refractivity contribution in [2.75, 3.05) is 20.2 Å². The van der Waals surface area contributed by atoms with Gasteiger partial charge in [-0.2, -0.15) is 4.31 Å². The number of carbonyl (C=O) groups excluding carboxylic acids is 1. The van der Waals surface area contributed by atoms with Gasteiger partial charge >= 0.3 is 5.97 Å². The summed E-state index contributed by atoms with van der Waals surface area (Å²) >= 11 is 0. The van der Waals surface area contributed by atoms with Gasteiger partial charge in [0.25, 0.3) is 0 Å². The van der Waals surface area contributed by atoms with Gasteiger partial charge in [0.05, 0.1) is 12.0 Å². The molecular weight excluding hydrogens is 323 g/mol. The Morgan fingerprint density at radius 1 is 1.39 bits per heavy atom. The first-order valence-electron chi connectivity index (χ1n) is 7.41. The van der Waals surface area contributed by atoms with E-state index in [2.05, 4.69) is 4.74 Å². The molecule has 1 fully saturated rings. The van der Waals surface area contributed by atoms with Crippen molar-refractivity contribution in [1.29, 1.82) is 0 Å². The molecule has 1 heterocycles. The summed E-state index contributed by atoms with van der Waals surface area (Å²) < 4.78 is 45.3. The first-order valence-corrected chi connectivity index (χ1v) is 8.85. The number of sulfonamides is 1. The Hall–Kier alpha value is -1.51. The van der Waals surface area contributed by atoms with Crippen LogP contribution in [0.3, 0.4) is 0 Å². The summed E-state index contributed by atoms with van der Waals surface area (Å²) in [6, 6.07) is 3.53. The second-order valence-electron chi connectivity index (χ2n) is 5.71. The molecule has 23 heavy (non-hydrogen) atoms. The third-order valence-corrected chi connectivity index (χ3v) is 6.17. The van der Waals surface area contributed by atoms with E-state index < -0.39 is 27.4 Å². The average Bonchev–Trinajstić information content (AvgIpc) is 2.54. The van der Waals surface area contributed by atoms with Crippen LogP contribution in [0.2, 0.25) is 0 Å². The lowest BCUT2D eigenvalue weighted by atomic mass is 9.92. The maximum Gasteiger partial charge on any atom is 0.342 e. The maximum atomic E-state index is 14.0. The average molecular weight is 344 g/mol. The molecule has 0 aliphatic carbocycles. The van der Waals surface area contributed by atoms with E-state index in [0.29, 0.717) is 25.9 Å². The molecule has 0 amide bonds. The third-order valence-electron chi connectivity index (χ3n) is 4.22. The quantitative estimate of drug-likeness (QED) is 0.833. The van der Waals surface area contributed by atoms with E-state index in [1.165, 1.54) is 16.4 Å². The van der Waals surface area contributed by atoms with Crippen LogP contribution in [0.1, 0.15) is 30.1 Å². The molecule has 128 valence electrons. The second kappa shape index (κ2) is 6.94. The van der Waals surface area contributed by atoms with Gasteiger partial charge in [-0.15, -0.1) is 0 Å². The number of ether oxygens (including phenoxy) is 1. The number of nitrogens with two attached hydrogens (primary N) is 1. The number of benzene rings is 1. The number of esters is 1. The largest absolute Gasteiger partial charge is 0.465 e. The Labute approximate surface area is 135 Å². The monoisotopic (exact) mass is 344 g/mol. The molecule has 0 aromatic heterocycles. The number of hydrogen-bond donors (Lipinski definition) is 1. The van der Waals surface area contributed by atoms with Gasteiger partial charge in [-0.05, 0) is 37.8 Å². The maximum absolute atomic E-state index is 14.0. The molecular formula is C15H21FN2O4S. The highest BCUT2D eigenvalue weighted by Crippen LogP contribution is 2.28. The Balaban J connectivity index is 2.35. The first kappa shape index (κ1) is 17.8. The van der Waals surface area contributed by atoms with E-state index >= 15 is 0 Å². The smallest absolute Gasteiger partial charge is 0.342 e. The van der Waals surface area contributed by atoms with Crippen LogP contribution < -0.4 is 5.73 Å². The van der Waals surface area contributed by atoms with E-state index in [-0.39, 0.29) is 16.9 Å². The number of halogens is 1. The van der Waals surface area contributed by atoms with E-state index in [9.17, 15) is 17.6 Å². The van der Waals surface area contributed by atoms with Crippen LogP contribution in [0.15, 0.2) is 23.1 Å². The molecule has 1 aromatic carbocycles. The van der Waals surface area contributed by atoms with Gasteiger partial charge < -0.3 is 10.5 Å². The van der Waals surface area contributed by atoms with Crippen LogP contribution in [0.5, 0.6) is 0 Å². The van der Waals surface area contributed by atoms with E-state index in [4.69, 9.17) is 5.73 Å². The topological polar surface area (TPSA) is 89.7 Å². The zero-order valence-electron chi connectivity index (χ0n) is 13.2. The molecule has 1 unspecified atom stereocenters. The van der Waals surface area contributed by atoms with Crippen LogP contribution in [-0.4, -0.2) is 44.9 Å². The predicted molar refractivity (Wildman–Crippen MR) is 82.9 cm³/mol. The van der Waals surface area contributed by atoms with E-state index in [1.807, 2.05) is 6.92 Å². The number of nitrogens with zero attached hydrogens (tertiary/aromatic N) is 1. The molecule has 6 nitrogen and oxygen atoms in total. The normalized spacial score (nSPS) is 18.6. The van der Waals surface area contributed by atoms with Crippen LogP contribution in [-0.2, 0) is 14.8 Å². The second-order valence-corrected chi connectivity index (χ2v) is 7.61. The Bertz CT molecular complexity index is 683. The lowest BCUT2D eigenvalue weighted by Gasteiger charge is -2.33. The summed E-state index contributed by atoms with van der Waals surface area (Å²) in [6.07, 6.45) is 1.28. The number of methoxy groups -OCH3 is 1. The number of rotatable bonds is 4. The molecule has 1 saturated heterocycles. The van der Waals surface area contributed by atoms with Crippen molar-refractivity contribution in [3.8, 4) is 0 Å².